The van der Waals surface area contributed by atoms with Gasteiger partial charge in [0, 0.05) is 17.5 Å². The molecule has 1 aromatic carbocycles. The van der Waals surface area contributed by atoms with Crippen molar-refractivity contribution in [2.75, 3.05) is 5.32 Å². The second kappa shape index (κ2) is 7.20. The Morgan fingerprint density at radius 2 is 2.12 bits per heavy atom. The SMILES string of the molecule is Cc1cnn(Cc2cc(F)ccc2F)c1NC(=O)CCn1cncn1. The Kier molecular flexibility index (Phi) is 4.82. The van der Waals surface area contributed by atoms with Crippen molar-refractivity contribution in [2.24, 2.45) is 0 Å². The molecule has 2 aromatic heterocycles. The summed E-state index contributed by atoms with van der Waals surface area (Å²) in [6.07, 6.45) is 4.67. The van der Waals surface area contributed by atoms with E-state index in [1.807, 2.05) is 0 Å². The molecule has 0 aliphatic rings. The third kappa shape index (κ3) is 4.06. The van der Waals surface area contributed by atoms with Crippen molar-refractivity contribution in [2.45, 2.75) is 26.4 Å². The molecule has 130 valence electrons. The molecule has 0 aliphatic carbocycles. The number of carbonyl (C=O) groups is 1. The van der Waals surface area contributed by atoms with Crippen molar-refractivity contribution < 1.29 is 13.6 Å². The molecule has 0 aliphatic heterocycles. The molecule has 0 fully saturated rings. The molecule has 1 amide bonds. The van der Waals surface area contributed by atoms with Crippen LogP contribution in [0.1, 0.15) is 17.5 Å². The Balaban J connectivity index is 1.70. The van der Waals surface area contributed by atoms with Gasteiger partial charge in [0.05, 0.1) is 19.3 Å². The molecule has 0 radical (unpaired) electrons. The molecule has 7 nitrogen and oxygen atoms in total. The van der Waals surface area contributed by atoms with Crippen LogP contribution >= 0.6 is 0 Å². The van der Waals surface area contributed by atoms with Gasteiger partial charge in [0.2, 0.25) is 5.91 Å². The van der Waals surface area contributed by atoms with Crippen molar-refractivity contribution in [1.82, 2.24) is 24.5 Å². The molecule has 9 heteroatoms. The number of anilines is 1. The van der Waals surface area contributed by atoms with E-state index in [0.29, 0.717) is 12.4 Å². The number of nitrogens with one attached hydrogen (secondary N) is 1. The van der Waals surface area contributed by atoms with Gasteiger partial charge in [0.1, 0.15) is 30.1 Å². The number of carbonyl (C=O) groups excluding carboxylic acids is 1. The number of aryl methyl sites for hydroxylation is 2. The van der Waals surface area contributed by atoms with Crippen LogP contribution in [0.5, 0.6) is 0 Å². The molecule has 3 aromatic rings. The van der Waals surface area contributed by atoms with E-state index in [4.69, 9.17) is 0 Å². The van der Waals surface area contributed by atoms with Gasteiger partial charge in [0.15, 0.2) is 0 Å². The molecule has 25 heavy (non-hydrogen) atoms. The molecule has 1 N–H and O–H groups in total. The van der Waals surface area contributed by atoms with Crippen molar-refractivity contribution in [3.63, 3.8) is 0 Å². The molecule has 0 spiro atoms. The fourth-order valence-electron chi connectivity index (χ4n) is 2.35. The summed E-state index contributed by atoms with van der Waals surface area (Å²) in [4.78, 5) is 15.9. The van der Waals surface area contributed by atoms with Crippen molar-refractivity contribution >= 4 is 11.7 Å². The van der Waals surface area contributed by atoms with Gasteiger partial charge < -0.3 is 5.32 Å². The summed E-state index contributed by atoms with van der Waals surface area (Å²) in [6.45, 7) is 2.17. The number of benzene rings is 1. The highest BCUT2D eigenvalue weighted by Crippen LogP contribution is 2.18. The average molecular weight is 346 g/mol. The van der Waals surface area contributed by atoms with Gasteiger partial charge in [-0.3, -0.25) is 9.48 Å². The van der Waals surface area contributed by atoms with Crippen LogP contribution in [0.15, 0.2) is 37.1 Å². The molecule has 2 heterocycles. The van der Waals surface area contributed by atoms with E-state index in [1.165, 1.54) is 17.3 Å². The van der Waals surface area contributed by atoms with Crippen LogP contribution in [0.25, 0.3) is 0 Å². The molecular formula is C16H16F2N6O. The number of hydrogen-bond acceptors (Lipinski definition) is 4. The monoisotopic (exact) mass is 346 g/mol. The third-order valence-corrected chi connectivity index (χ3v) is 3.64. The standard InChI is InChI=1S/C16H16F2N6O/c1-11-7-20-24(8-12-6-13(17)2-3-14(12)18)16(11)22-15(25)4-5-23-10-19-9-21-23/h2-3,6-7,9-10H,4-5,8H2,1H3,(H,22,25). The summed E-state index contributed by atoms with van der Waals surface area (Å²) in [5.41, 5.74) is 0.882. The fraction of sp³-hybridized carbons (Fsp3) is 0.250. The Hall–Kier alpha value is -3.10. The first-order valence-corrected chi connectivity index (χ1v) is 7.61. The van der Waals surface area contributed by atoms with E-state index in [9.17, 15) is 13.6 Å². The number of nitrogens with zero attached hydrogens (tertiary/aromatic N) is 5. The lowest BCUT2D eigenvalue weighted by molar-refractivity contribution is -0.116. The first kappa shape index (κ1) is 16.7. The van der Waals surface area contributed by atoms with Crippen LogP contribution in [0.2, 0.25) is 0 Å². The molecule has 3 rings (SSSR count). The quantitative estimate of drug-likeness (QED) is 0.742. The zero-order valence-corrected chi connectivity index (χ0v) is 13.5. The maximum absolute atomic E-state index is 13.8. The van der Waals surface area contributed by atoms with Gasteiger partial charge >= 0.3 is 0 Å². The van der Waals surface area contributed by atoms with E-state index in [-0.39, 0.29) is 24.4 Å². The van der Waals surface area contributed by atoms with Crippen LogP contribution in [0, 0.1) is 18.6 Å². The number of halogens is 2. The molecule has 0 bridgehead atoms. The highest BCUT2D eigenvalue weighted by atomic mass is 19.1. The van der Waals surface area contributed by atoms with Crippen LogP contribution in [0.3, 0.4) is 0 Å². The fourth-order valence-corrected chi connectivity index (χ4v) is 2.35. The highest BCUT2D eigenvalue weighted by Gasteiger charge is 2.14. The Morgan fingerprint density at radius 1 is 1.28 bits per heavy atom. The van der Waals surface area contributed by atoms with Crippen molar-refractivity contribution in [1.29, 1.82) is 0 Å². The number of amides is 1. The van der Waals surface area contributed by atoms with Crippen LogP contribution in [-0.2, 0) is 17.9 Å². The first-order valence-electron chi connectivity index (χ1n) is 7.61. The second-order valence-electron chi connectivity index (χ2n) is 5.53. The lowest BCUT2D eigenvalue weighted by atomic mass is 10.2. The second-order valence-corrected chi connectivity index (χ2v) is 5.53. The lowest BCUT2D eigenvalue weighted by Crippen LogP contribution is -2.18. The minimum Gasteiger partial charge on any atom is -0.311 e. The largest absolute Gasteiger partial charge is 0.311 e. The van der Waals surface area contributed by atoms with Crippen molar-refractivity contribution in [3.05, 3.63) is 59.8 Å². The summed E-state index contributed by atoms with van der Waals surface area (Å²) in [7, 11) is 0. The van der Waals surface area contributed by atoms with E-state index < -0.39 is 11.6 Å². The summed E-state index contributed by atoms with van der Waals surface area (Å²) < 4.78 is 30.1. The Labute approximate surface area is 142 Å². The highest BCUT2D eigenvalue weighted by molar-refractivity contribution is 5.90. The zero-order chi connectivity index (χ0) is 17.8. The molecule has 0 unspecified atom stereocenters. The molecule has 0 saturated carbocycles. The van der Waals surface area contributed by atoms with Gasteiger partial charge in [-0.2, -0.15) is 10.2 Å². The topological polar surface area (TPSA) is 77.6 Å². The maximum atomic E-state index is 13.8. The summed E-state index contributed by atoms with van der Waals surface area (Å²) >= 11 is 0. The minimum absolute atomic E-state index is 0.0100. The van der Waals surface area contributed by atoms with Gasteiger partial charge in [-0.25, -0.2) is 18.4 Å². The van der Waals surface area contributed by atoms with Crippen LogP contribution in [-0.4, -0.2) is 30.5 Å². The van der Waals surface area contributed by atoms with E-state index in [1.54, 1.807) is 17.8 Å². The normalized spacial score (nSPS) is 10.8. The van der Waals surface area contributed by atoms with Crippen LogP contribution < -0.4 is 5.32 Å². The summed E-state index contributed by atoms with van der Waals surface area (Å²) in [5.74, 6) is -0.843. The van der Waals surface area contributed by atoms with Crippen LogP contribution in [0.4, 0.5) is 14.6 Å². The summed E-state index contributed by atoms with van der Waals surface area (Å²) in [6, 6.07) is 3.24. The maximum Gasteiger partial charge on any atom is 0.227 e. The lowest BCUT2D eigenvalue weighted by Gasteiger charge is -2.11. The minimum atomic E-state index is -0.530. The molecule has 0 saturated heterocycles. The zero-order valence-electron chi connectivity index (χ0n) is 13.5. The average Bonchev–Trinajstić information content (AvgIpc) is 3.21. The van der Waals surface area contributed by atoms with Gasteiger partial charge in [-0.05, 0) is 25.1 Å². The Bertz CT molecular complexity index is 875. The van der Waals surface area contributed by atoms with E-state index in [2.05, 4.69) is 20.5 Å². The molecular weight excluding hydrogens is 330 g/mol. The van der Waals surface area contributed by atoms with Gasteiger partial charge in [-0.1, -0.05) is 0 Å². The van der Waals surface area contributed by atoms with Gasteiger partial charge in [-0.15, -0.1) is 0 Å². The summed E-state index contributed by atoms with van der Waals surface area (Å²) in [5, 5.41) is 10.8. The predicted octanol–water partition coefficient (Wildman–Crippen LogP) is 2.14. The van der Waals surface area contributed by atoms with Crippen molar-refractivity contribution in [3.8, 4) is 0 Å². The number of hydrogen-bond donors (Lipinski definition) is 1. The van der Waals surface area contributed by atoms with Gasteiger partial charge in [0.25, 0.3) is 0 Å². The number of rotatable bonds is 6. The van der Waals surface area contributed by atoms with E-state index in [0.717, 1.165) is 23.8 Å². The Morgan fingerprint density at radius 3 is 2.88 bits per heavy atom. The predicted molar refractivity (Wildman–Crippen MR) is 85.7 cm³/mol. The molecule has 0 atom stereocenters. The smallest absolute Gasteiger partial charge is 0.227 e. The van der Waals surface area contributed by atoms with E-state index >= 15 is 0 Å². The third-order valence-electron chi connectivity index (χ3n) is 3.64. The first-order chi connectivity index (χ1) is 12.0. The number of aromatic nitrogens is 5.